The zero-order valence-corrected chi connectivity index (χ0v) is 32.2. The summed E-state index contributed by atoms with van der Waals surface area (Å²) in [7, 11) is 0. The van der Waals surface area contributed by atoms with Crippen LogP contribution in [0.25, 0.3) is 122 Å². The van der Waals surface area contributed by atoms with Crippen molar-refractivity contribution >= 4 is 65.4 Å². The molecule has 278 valence electrons. The second-order valence-corrected chi connectivity index (χ2v) is 15.2. The summed E-state index contributed by atoms with van der Waals surface area (Å²) in [5.74, 6) is 0. The first kappa shape index (κ1) is 33.9. The summed E-state index contributed by atoms with van der Waals surface area (Å²) in [6.07, 6.45) is 3.64. The second kappa shape index (κ2) is 13.7. The van der Waals surface area contributed by atoms with E-state index in [1.54, 1.807) is 0 Å². The Bertz CT molecular complexity index is 3660. The van der Waals surface area contributed by atoms with Crippen LogP contribution in [0.3, 0.4) is 0 Å². The zero-order chi connectivity index (χ0) is 39.6. The van der Waals surface area contributed by atoms with Gasteiger partial charge in [0.15, 0.2) is 0 Å². The van der Waals surface area contributed by atoms with Gasteiger partial charge in [-0.3, -0.25) is 9.97 Å². The van der Waals surface area contributed by atoms with Crippen LogP contribution in [0.2, 0.25) is 0 Å². The summed E-state index contributed by atoms with van der Waals surface area (Å²) in [6, 6.07) is 63.2. The van der Waals surface area contributed by atoms with Crippen LogP contribution < -0.4 is 0 Å². The van der Waals surface area contributed by atoms with E-state index in [0.29, 0.717) is 0 Å². The van der Waals surface area contributed by atoms with Gasteiger partial charge in [0.25, 0.3) is 0 Å². The Morgan fingerprint density at radius 1 is 0.267 bits per heavy atom. The largest absolute Gasteiger partial charge is 0.254 e. The van der Waals surface area contributed by atoms with E-state index in [2.05, 4.69) is 157 Å². The normalized spacial score (nSPS) is 11.7. The Labute approximate surface area is 344 Å². The van der Waals surface area contributed by atoms with Gasteiger partial charge in [-0.2, -0.15) is 0 Å². The maximum absolute atomic E-state index is 5.21. The molecule has 12 aromatic rings. The molecule has 0 saturated carbocycles. The molecule has 0 aliphatic heterocycles. The van der Waals surface area contributed by atoms with Crippen LogP contribution in [0.15, 0.2) is 194 Å². The molecular formula is C54H32N6. The van der Waals surface area contributed by atoms with Gasteiger partial charge in [0.2, 0.25) is 0 Å². The van der Waals surface area contributed by atoms with Gasteiger partial charge < -0.3 is 0 Å². The van der Waals surface area contributed by atoms with Crippen molar-refractivity contribution < 1.29 is 0 Å². The minimum atomic E-state index is 0.881. The van der Waals surface area contributed by atoms with Crippen molar-refractivity contribution in [2.24, 2.45) is 0 Å². The molecule has 6 nitrogen and oxygen atoms in total. The van der Waals surface area contributed by atoms with Gasteiger partial charge in [0, 0.05) is 67.0 Å². The molecule has 60 heavy (non-hydrogen) atoms. The Kier molecular flexibility index (Phi) is 7.74. The number of aromatic nitrogens is 6. The Morgan fingerprint density at radius 2 is 0.733 bits per heavy atom. The van der Waals surface area contributed by atoms with Crippen molar-refractivity contribution in [3.63, 3.8) is 0 Å². The van der Waals surface area contributed by atoms with Crippen molar-refractivity contribution in [2.45, 2.75) is 0 Å². The van der Waals surface area contributed by atoms with Gasteiger partial charge in [0.05, 0.1) is 55.9 Å². The molecule has 6 heteroatoms. The van der Waals surface area contributed by atoms with Crippen molar-refractivity contribution in [3.05, 3.63) is 194 Å². The van der Waals surface area contributed by atoms with E-state index >= 15 is 0 Å². The van der Waals surface area contributed by atoms with Crippen LogP contribution in [-0.4, -0.2) is 29.9 Å². The molecule has 0 aliphatic rings. The maximum atomic E-state index is 5.21. The molecule has 0 radical (unpaired) electrons. The average Bonchev–Trinajstić information content (AvgIpc) is 3.33. The highest BCUT2D eigenvalue weighted by Crippen LogP contribution is 2.35. The van der Waals surface area contributed by atoms with E-state index in [0.717, 1.165) is 122 Å². The molecule has 0 unspecified atom stereocenters. The highest BCUT2D eigenvalue weighted by atomic mass is 14.8. The van der Waals surface area contributed by atoms with Crippen molar-refractivity contribution in [1.29, 1.82) is 0 Å². The van der Waals surface area contributed by atoms with Gasteiger partial charge in [-0.1, -0.05) is 127 Å². The van der Waals surface area contributed by atoms with E-state index in [1.165, 1.54) is 0 Å². The van der Waals surface area contributed by atoms with Crippen molar-refractivity contribution in [2.75, 3.05) is 0 Å². The fraction of sp³-hybridized carbons (Fsp3) is 0. The fourth-order valence-corrected chi connectivity index (χ4v) is 8.40. The number of hydrogen-bond acceptors (Lipinski definition) is 6. The summed E-state index contributed by atoms with van der Waals surface area (Å²) in [4.78, 5) is 29.9. The standard InChI is InChI=1S/C54H32N6/c1-2-6-33(7-3-1)46-25-22-38-16-17-39-23-26-47(60-53(39)52(38)59-46)35-12-10-34(11-13-35)45-24-20-36-14-18-40(31-49(36)57-45)41-19-15-37-21-27-48(58-50(37)32-41)44-30-42-8-4-28-55-51(42)54-43(44)9-5-29-56-54/h1-32H. The lowest BCUT2D eigenvalue weighted by molar-refractivity contribution is 1.36. The van der Waals surface area contributed by atoms with Gasteiger partial charge in [-0.15, -0.1) is 0 Å². The van der Waals surface area contributed by atoms with Gasteiger partial charge in [-0.25, -0.2) is 19.9 Å². The minimum absolute atomic E-state index is 0.881. The lowest BCUT2D eigenvalue weighted by atomic mass is 9.99. The summed E-state index contributed by atoms with van der Waals surface area (Å²) in [5, 5.41) is 6.38. The molecule has 0 saturated heterocycles. The smallest absolute Gasteiger partial charge is 0.0972 e. The predicted molar refractivity (Wildman–Crippen MR) is 245 cm³/mol. The van der Waals surface area contributed by atoms with Crippen LogP contribution in [0.5, 0.6) is 0 Å². The van der Waals surface area contributed by atoms with Gasteiger partial charge in [-0.05, 0) is 65.7 Å². The van der Waals surface area contributed by atoms with Gasteiger partial charge >= 0.3 is 0 Å². The fourth-order valence-electron chi connectivity index (χ4n) is 8.40. The molecule has 6 aromatic carbocycles. The summed E-state index contributed by atoms with van der Waals surface area (Å²) in [5.41, 5.74) is 15.5. The van der Waals surface area contributed by atoms with E-state index < -0.39 is 0 Å². The molecule has 0 spiro atoms. The molecule has 6 heterocycles. The second-order valence-electron chi connectivity index (χ2n) is 15.2. The molecule has 0 fully saturated rings. The minimum Gasteiger partial charge on any atom is -0.254 e. The molecule has 0 atom stereocenters. The average molecular weight is 765 g/mol. The summed E-state index contributed by atoms with van der Waals surface area (Å²) < 4.78 is 0. The predicted octanol–water partition coefficient (Wildman–Crippen LogP) is 13.3. The Hall–Kier alpha value is -8.22. The number of hydrogen-bond donors (Lipinski definition) is 0. The number of benzene rings is 6. The third-order valence-corrected chi connectivity index (χ3v) is 11.5. The van der Waals surface area contributed by atoms with Crippen LogP contribution in [0.1, 0.15) is 0 Å². The van der Waals surface area contributed by atoms with Crippen LogP contribution in [0, 0.1) is 0 Å². The Balaban J connectivity index is 0.863. The third kappa shape index (κ3) is 5.81. The zero-order valence-electron chi connectivity index (χ0n) is 32.2. The van der Waals surface area contributed by atoms with Crippen LogP contribution >= 0.6 is 0 Å². The molecule has 12 rings (SSSR count). The monoisotopic (exact) mass is 764 g/mol. The van der Waals surface area contributed by atoms with Crippen LogP contribution in [-0.2, 0) is 0 Å². The molecule has 0 bridgehead atoms. The molecule has 0 N–H and O–H groups in total. The molecule has 0 amide bonds. The van der Waals surface area contributed by atoms with Gasteiger partial charge in [0.1, 0.15) is 0 Å². The molecule has 0 aliphatic carbocycles. The topological polar surface area (TPSA) is 77.3 Å². The number of fused-ring (bicyclic) bond motifs is 8. The first-order valence-electron chi connectivity index (χ1n) is 20.0. The first-order valence-corrected chi connectivity index (χ1v) is 20.0. The van der Waals surface area contributed by atoms with E-state index in [4.69, 9.17) is 24.9 Å². The number of pyridine rings is 6. The molecule has 6 aromatic heterocycles. The highest BCUT2D eigenvalue weighted by molar-refractivity contribution is 6.10. The SMILES string of the molecule is c1ccc(-c2ccc3ccc4ccc(-c5ccc(-c6ccc7ccc(-c8ccc9ccc(-c%10cc%11cccnc%11c%11ncccc%10%11)nc9c8)cc7n6)cc5)nc4c3n2)cc1. The lowest BCUT2D eigenvalue weighted by Crippen LogP contribution is -1.92. The summed E-state index contributed by atoms with van der Waals surface area (Å²) >= 11 is 0. The first-order chi connectivity index (χ1) is 29.7. The van der Waals surface area contributed by atoms with Crippen molar-refractivity contribution in [1.82, 2.24) is 29.9 Å². The number of rotatable bonds is 5. The Morgan fingerprint density at radius 3 is 1.37 bits per heavy atom. The highest BCUT2D eigenvalue weighted by Gasteiger charge is 2.14. The lowest BCUT2D eigenvalue weighted by Gasteiger charge is -2.11. The van der Waals surface area contributed by atoms with Crippen molar-refractivity contribution in [3.8, 4) is 56.2 Å². The molecular weight excluding hydrogens is 733 g/mol. The maximum Gasteiger partial charge on any atom is 0.0972 e. The van der Waals surface area contributed by atoms with E-state index in [-0.39, 0.29) is 0 Å². The third-order valence-electron chi connectivity index (χ3n) is 11.5. The quantitative estimate of drug-likeness (QED) is 0.162. The number of nitrogens with zero attached hydrogens (tertiary/aromatic N) is 6. The van der Waals surface area contributed by atoms with E-state index in [1.807, 2.05) is 42.7 Å². The van der Waals surface area contributed by atoms with Crippen LogP contribution in [0.4, 0.5) is 0 Å². The van der Waals surface area contributed by atoms with E-state index in [9.17, 15) is 0 Å². The summed E-state index contributed by atoms with van der Waals surface area (Å²) in [6.45, 7) is 0.